The highest BCUT2D eigenvalue weighted by molar-refractivity contribution is 5.75. The zero-order valence-corrected chi connectivity index (χ0v) is 9.00. The molecule has 2 heterocycles. The van der Waals surface area contributed by atoms with E-state index in [1.165, 1.54) is 0 Å². The summed E-state index contributed by atoms with van der Waals surface area (Å²) in [6.07, 6.45) is 4.15. The maximum atomic E-state index is 10.8. The molecule has 5 heteroatoms. The van der Waals surface area contributed by atoms with Gasteiger partial charge in [0.05, 0.1) is 11.6 Å². The molecule has 2 N–H and O–H groups in total. The van der Waals surface area contributed by atoms with Gasteiger partial charge >= 0.3 is 5.97 Å². The lowest BCUT2D eigenvalue weighted by Crippen LogP contribution is -1.99. The molecule has 2 aromatic heterocycles. The van der Waals surface area contributed by atoms with Crippen LogP contribution in [0.25, 0.3) is 11.4 Å². The first-order chi connectivity index (χ1) is 8.25. The number of carboxylic acids is 1. The highest BCUT2D eigenvalue weighted by Gasteiger charge is 2.46. The van der Waals surface area contributed by atoms with Crippen molar-refractivity contribution < 1.29 is 9.90 Å². The smallest absolute Gasteiger partial charge is 0.307 e. The van der Waals surface area contributed by atoms with Crippen LogP contribution in [0.4, 0.5) is 0 Å². The van der Waals surface area contributed by atoms with Gasteiger partial charge in [0.2, 0.25) is 0 Å². The van der Waals surface area contributed by atoms with Gasteiger partial charge in [0.25, 0.3) is 0 Å². The third kappa shape index (κ3) is 1.80. The Morgan fingerprint density at radius 2 is 2.29 bits per heavy atom. The highest BCUT2D eigenvalue weighted by Crippen LogP contribution is 2.46. The van der Waals surface area contributed by atoms with Crippen LogP contribution in [-0.2, 0) is 4.79 Å². The van der Waals surface area contributed by atoms with Crippen molar-refractivity contribution in [2.45, 2.75) is 12.3 Å². The summed E-state index contributed by atoms with van der Waals surface area (Å²) < 4.78 is 0. The van der Waals surface area contributed by atoms with Crippen LogP contribution in [0.3, 0.4) is 0 Å². The monoisotopic (exact) mass is 229 g/mol. The van der Waals surface area contributed by atoms with Gasteiger partial charge in [-0.15, -0.1) is 0 Å². The number of carboxylic acid groups (broad SMARTS) is 1. The van der Waals surface area contributed by atoms with Gasteiger partial charge in [-0.05, 0) is 18.6 Å². The second kappa shape index (κ2) is 3.69. The van der Waals surface area contributed by atoms with E-state index < -0.39 is 5.97 Å². The summed E-state index contributed by atoms with van der Waals surface area (Å²) in [6, 6.07) is 5.62. The van der Waals surface area contributed by atoms with Gasteiger partial charge < -0.3 is 10.1 Å². The number of carbonyl (C=O) groups is 1. The van der Waals surface area contributed by atoms with Crippen LogP contribution >= 0.6 is 0 Å². The number of pyridine rings is 1. The Balaban J connectivity index is 1.83. The van der Waals surface area contributed by atoms with Crippen molar-refractivity contribution in [1.82, 2.24) is 15.0 Å². The molecule has 1 saturated carbocycles. The van der Waals surface area contributed by atoms with Crippen molar-refractivity contribution >= 4 is 5.97 Å². The zero-order chi connectivity index (χ0) is 11.8. The number of hydrogen-bond donors (Lipinski definition) is 2. The molecular weight excluding hydrogens is 218 g/mol. The van der Waals surface area contributed by atoms with E-state index in [9.17, 15) is 4.79 Å². The molecule has 0 bridgehead atoms. The van der Waals surface area contributed by atoms with Gasteiger partial charge in [-0.3, -0.25) is 9.78 Å². The summed E-state index contributed by atoms with van der Waals surface area (Å²) in [5.41, 5.74) is 1.55. The Labute approximate surface area is 97.5 Å². The first kappa shape index (κ1) is 10.0. The first-order valence-corrected chi connectivity index (χ1v) is 5.45. The molecule has 2 unspecified atom stereocenters. The molecule has 2 atom stereocenters. The molecule has 2 aromatic rings. The molecule has 3 rings (SSSR count). The van der Waals surface area contributed by atoms with E-state index in [1.54, 1.807) is 12.4 Å². The van der Waals surface area contributed by atoms with Crippen LogP contribution in [0.5, 0.6) is 0 Å². The van der Waals surface area contributed by atoms with Crippen LogP contribution in [0.1, 0.15) is 18.2 Å². The molecule has 5 nitrogen and oxygen atoms in total. The molecule has 0 spiro atoms. The number of hydrogen-bond acceptors (Lipinski definition) is 3. The minimum atomic E-state index is -0.745. The number of nitrogens with zero attached hydrogens (tertiary/aromatic N) is 2. The molecule has 17 heavy (non-hydrogen) atoms. The predicted molar refractivity (Wildman–Crippen MR) is 60.3 cm³/mol. The van der Waals surface area contributed by atoms with Gasteiger partial charge in [0, 0.05) is 18.3 Å². The van der Waals surface area contributed by atoms with Crippen molar-refractivity contribution in [1.29, 1.82) is 0 Å². The molecule has 0 radical (unpaired) electrons. The van der Waals surface area contributed by atoms with Gasteiger partial charge in [-0.1, -0.05) is 6.07 Å². The van der Waals surface area contributed by atoms with Crippen LogP contribution in [-0.4, -0.2) is 26.0 Å². The van der Waals surface area contributed by atoms with E-state index in [4.69, 9.17) is 5.11 Å². The number of aromatic amines is 1. The standard InChI is InChI=1S/C12H11N3O2/c16-12(17)8-5-7(8)11-14-6-10(15-11)9-3-1-2-4-13-9/h1-4,6-8H,5H2,(H,14,15)(H,16,17). The first-order valence-electron chi connectivity index (χ1n) is 5.45. The maximum Gasteiger partial charge on any atom is 0.307 e. The third-order valence-corrected chi connectivity index (χ3v) is 2.98. The van der Waals surface area contributed by atoms with Crippen LogP contribution in [0.15, 0.2) is 30.6 Å². The molecule has 0 amide bonds. The van der Waals surface area contributed by atoms with E-state index in [2.05, 4.69) is 15.0 Å². The third-order valence-electron chi connectivity index (χ3n) is 2.98. The molecule has 86 valence electrons. The fraction of sp³-hybridized carbons (Fsp3) is 0.250. The summed E-state index contributed by atoms with van der Waals surface area (Å²) in [6.45, 7) is 0. The van der Waals surface area contributed by atoms with Crippen molar-refractivity contribution in [3.63, 3.8) is 0 Å². The minimum Gasteiger partial charge on any atom is -0.481 e. The molecule has 1 fully saturated rings. The normalized spacial score (nSPS) is 22.4. The fourth-order valence-electron chi connectivity index (χ4n) is 1.94. The summed E-state index contributed by atoms with van der Waals surface area (Å²) in [7, 11) is 0. The van der Waals surface area contributed by atoms with Gasteiger partial charge in [0.15, 0.2) is 0 Å². The van der Waals surface area contributed by atoms with Crippen molar-refractivity contribution in [3.05, 3.63) is 36.4 Å². The van der Waals surface area contributed by atoms with E-state index in [0.29, 0.717) is 6.42 Å². The Hall–Kier alpha value is -2.17. The largest absolute Gasteiger partial charge is 0.481 e. The zero-order valence-electron chi connectivity index (χ0n) is 9.00. The predicted octanol–water partition coefficient (Wildman–Crippen LogP) is 1.66. The van der Waals surface area contributed by atoms with Gasteiger partial charge in [-0.2, -0.15) is 0 Å². The average Bonchev–Trinajstić information content (AvgIpc) is 3.01. The second-order valence-corrected chi connectivity index (χ2v) is 4.17. The average molecular weight is 229 g/mol. The van der Waals surface area contributed by atoms with Gasteiger partial charge in [0.1, 0.15) is 11.5 Å². The van der Waals surface area contributed by atoms with E-state index in [1.807, 2.05) is 18.2 Å². The number of nitrogens with one attached hydrogen (secondary N) is 1. The molecular formula is C12H11N3O2. The van der Waals surface area contributed by atoms with Crippen LogP contribution in [0.2, 0.25) is 0 Å². The number of H-pyrrole nitrogens is 1. The highest BCUT2D eigenvalue weighted by atomic mass is 16.4. The summed E-state index contributed by atoms with van der Waals surface area (Å²) in [5, 5.41) is 8.85. The second-order valence-electron chi connectivity index (χ2n) is 4.17. The maximum absolute atomic E-state index is 10.8. The lowest BCUT2D eigenvalue weighted by atomic mass is 10.3. The number of rotatable bonds is 3. The number of aliphatic carboxylic acids is 1. The molecule has 0 saturated heterocycles. The fourth-order valence-corrected chi connectivity index (χ4v) is 1.94. The SMILES string of the molecule is O=C(O)C1CC1c1nc(-c2ccccn2)c[nH]1. The lowest BCUT2D eigenvalue weighted by molar-refractivity contribution is -0.138. The van der Waals surface area contributed by atoms with Crippen LogP contribution < -0.4 is 0 Å². The van der Waals surface area contributed by atoms with Gasteiger partial charge in [-0.25, -0.2) is 4.98 Å². The molecule has 0 aliphatic heterocycles. The molecule has 0 aromatic carbocycles. The number of imidazole rings is 1. The topological polar surface area (TPSA) is 78.9 Å². The Kier molecular flexibility index (Phi) is 2.18. The molecule has 1 aliphatic rings. The van der Waals surface area contributed by atoms with E-state index in [-0.39, 0.29) is 11.8 Å². The Bertz CT molecular complexity index is 550. The van der Waals surface area contributed by atoms with Crippen molar-refractivity contribution in [2.24, 2.45) is 5.92 Å². The Morgan fingerprint density at radius 1 is 1.41 bits per heavy atom. The summed E-state index contributed by atoms with van der Waals surface area (Å²) in [4.78, 5) is 22.4. The lowest BCUT2D eigenvalue weighted by Gasteiger charge is -1.93. The van der Waals surface area contributed by atoms with Crippen molar-refractivity contribution in [3.8, 4) is 11.4 Å². The summed E-state index contributed by atoms with van der Waals surface area (Å²) >= 11 is 0. The van der Waals surface area contributed by atoms with Crippen LogP contribution in [0, 0.1) is 5.92 Å². The number of aromatic nitrogens is 3. The Morgan fingerprint density at radius 3 is 2.94 bits per heavy atom. The summed E-state index contributed by atoms with van der Waals surface area (Å²) in [5.74, 6) is -0.244. The van der Waals surface area contributed by atoms with E-state index >= 15 is 0 Å². The molecule has 1 aliphatic carbocycles. The minimum absolute atomic E-state index is 0.0324. The van der Waals surface area contributed by atoms with E-state index in [0.717, 1.165) is 17.2 Å². The quantitative estimate of drug-likeness (QED) is 0.838. The van der Waals surface area contributed by atoms with Crippen molar-refractivity contribution in [2.75, 3.05) is 0 Å².